The van der Waals surface area contributed by atoms with Gasteiger partial charge in [-0.05, 0) is 49.2 Å². The van der Waals surface area contributed by atoms with Crippen LogP contribution in [0.25, 0.3) is 9.88 Å². The maximum Gasteiger partial charge on any atom is 0.134 e. The smallest absolute Gasteiger partial charge is 0.134 e. The number of rotatable bonds is 2. The molecule has 1 aliphatic carbocycles. The third kappa shape index (κ3) is 2.37. The van der Waals surface area contributed by atoms with E-state index in [2.05, 4.69) is 44.6 Å². The van der Waals surface area contributed by atoms with Gasteiger partial charge in [0.1, 0.15) is 5.01 Å². The average Bonchev–Trinajstić information content (AvgIpc) is 2.92. The zero-order chi connectivity index (χ0) is 13.6. The summed E-state index contributed by atoms with van der Waals surface area (Å²) in [5.74, 6) is 0. The van der Waals surface area contributed by atoms with Gasteiger partial charge in [0, 0.05) is 10.9 Å². The standard InChI is InChI=1S/C15H20N2S2/c1-9-5-6-18-12(9)14-17-11-8-15(2,3)7-10(16-4)13(11)19-14/h5-6,10,16H,7-8H2,1-4H3. The number of thiophene rings is 1. The van der Waals surface area contributed by atoms with Gasteiger partial charge >= 0.3 is 0 Å². The van der Waals surface area contributed by atoms with Crippen LogP contribution in [0.2, 0.25) is 0 Å². The summed E-state index contributed by atoms with van der Waals surface area (Å²) in [7, 11) is 2.06. The molecule has 1 unspecified atom stereocenters. The maximum atomic E-state index is 4.94. The van der Waals surface area contributed by atoms with Gasteiger partial charge in [-0.1, -0.05) is 13.8 Å². The fraction of sp³-hybridized carbons (Fsp3) is 0.533. The molecule has 0 aromatic carbocycles. The minimum Gasteiger partial charge on any atom is -0.312 e. The van der Waals surface area contributed by atoms with E-state index in [1.54, 1.807) is 11.3 Å². The lowest BCUT2D eigenvalue weighted by Crippen LogP contribution is -2.30. The zero-order valence-corrected chi connectivity index (χ0v) is 13.5. The SMILES string of the molecule is CNC1CC(C)(C)Cc2nc(-c3sccc3C)sc21. The molecule has 4 heteroatoms. The van der Waals surface area contributed by atoms with Crippen molar-refractivity contribution in [3.63, 3.8) is 0 Å². The molecule has 19 heavy (non-hydrogen) atoms. The molecule has 0 saturated heterocycles. The van der Waals surface area contributed by atoms with Gasteiger partial charge in [-0.15, -0.1) is 22.7 Å². The minimum absolute atomic E-state index is 0.344. The molecule has 1 N–H and O–H groups in total. The predicted octanol–water partition coefficient (Wildman–Crippen LogP) is 4.41. The molecule has 0 aliphatic heterocycles. The topological polar surface area (TPSA) is 24.9 Å². The number of thiazole rings is 1. The average molecular weight is 292 g/mol. The number of nitrogens with one attached hydrogen (secondary N) is 1. The molecule has 102 valence electrons. The Kier molecular flexibility index (Phi) is 3.28. The predicted molar refractivity (Wildman–Crippen MR) is 84.1 cm³/mol. The number of aryl methyl sites for hydroxylation is 1. The second-order valence-corrected chi connectivity index (χ2v) is 8.10. The highest BCUT2D eigenvalue weighted by Crippen LogP contribution is 2.45. The summed E-state index contributed by atoms with van der Waals surface area (Å²) < 4.78 is 0. The summed E-state index contributed by atoms with van der Waals surface area (Å²) in [6, 6.07) is 2.64. The highest BCUT2D eigenvalue weighted by Gasteiger charge is 2.34. The quantitative estimate of drug-likeness (QED) is 0.886. The monoisotopic (exact) mass is 292 g/mol. The van der Waals surface area contributed by atoms with Crippen LogP contribution in [-0.4, -0.2) is 12.0 Å². The third-order valence-corrected chi connectivity index (χ3v) is 6.23. The molecule has 0 amide bonds. The number of hydrogen-bond donors (Lipinski definition) is 1. The van der Waals surface area contributed by atoms with E-state index < -0.39 is 0 Å². The van der Waals surface area contributed by atoms with Crippen LogP contribution in [0.15, 0.2) is 11.4 Å². The zero-order valence-electron chi connectivity index (χ0n) is 11.9. The van der Waals surface area contributed by atoms with Crippen molar-refractivity contribution in [3.05, 3.63) is 27.6 Å². The van der Waals surface area contributed by atoms with Crippen molar-refractivity contribution in [2.45, 2.75) is 39.7 Å². The number of hydrogen-bond acceptors (Lipinski definition) is 4. The first-order valence-corrected chi connectivity index (χ1v) is 8.41. The fourth-order valence-corrected chi connectivity index (χ4v) is 5.13. The Labute approximate surface area is 122 Å². The molecule has 3 rings (SSSR count). The molecule has 0 saturated carbocycles. The summed E-state index contributed by atoms with van der Waals surface area (Å²) in [5.41, 5.74) is 3.00. The van der Waals surface area contributed by atoms with Crippen molar-refractivity contribution in [2.75, 3.05) is 7.05 Å². The Balaban J connectivity index is 2.05. The summed E-state index contributed by atoms with van der Waals surface area (Å²) in [6.45, 7) is 6.86. The van der Waals surface area contributed by atoms with Crippen LogP contribution in [0.1, 0.15) is 42.4 Å². The van der Waals surface area contributed by atoms with E-state index >= 15 is 0 Å². The Morgan fingerprint density at radius 2 is 2.21 bits per heavy atom. The molecule has 2 nitrogen and oxygen atoms in total. The van der Waals surface area contributed by atoms with Gasteiger partial charge in [-0.2, -0.15) is 0 Å². The summed E-state index contributed by atoms with van der Waals surface area (Å²) in [4.78, 5) is 7.73. The number of aromatic nitrogens is 1. The van der Waals surface area contributed by atoms with Gasteiger partial charge in [0.05, 0.1) is 10.6 Å². The Morgan fingerprint density at radius 1 is 1.42 bits per heavy atom. The van der Waals surface area contributed by atoms with Crippen LogP contribution in [0.3, 0.4) is 0 Å². The Hall–Kier alpha value is -0.710. The van der Waals surface area contributed by atoms with Gasteiger partial charge in [0.25, 0.3) is 0 Å². The molecule has 0 spiro atoms. The van der Waals surface area contributed by atoms with Crippen molar-refractivity contribution >= 4 is 22.7 Å². The largest absolute Gasteiger partial charge is 0.312 e. The molecule has 0 bridgehead atoms. The van der Waals surface area contributed by atoms with Gasteiger partial charge in [0.15, 0.2) is 0 Å². The molecule has 0 radical (unpaired) electrons. The molecule has 2 heterocycles. The van der Waals surface area contributed by atoms with Gasteiger partial charge in [-0.25, -0.2) is 4.98 Å². The van der Waals surface area contributed by atoms with Crippen molar-refractivity contribution in [3.8, 4) is 9.88 Å². The number of fused-ring (bicyclic) bond motifs is 1. The lowest BCUT2D eigenvalue weighted by molar-refractivity contribution is 0.265. The molecule has 2 aromatic heterocycles. The van der Waals surface area contributed by atoms with Crippen LogP contribution >= 0.6 is 22.7 Å². The normalized spacial score (nSPS) is 21.4. The van der Waals surface area contributed by atoms with E-state index in [0.29, 0.717) is 11.5 Å². The summed E-state index contributed by atoms with van der Waals surface area (Å²) in [5, 5.41) is 6.82. The van der Waals surface area contributed by atoms with Crippen LogP contribution in [0.5, 0.6) is 0 Å². The second kappa shape index (κ2) is 4.69. The molecule has 1 aliphatic rings. The number of nitrogens with zero attached hydrogens (tertiary/aromatic N) is 1. The van der Waals surface area contributed by atoms with Crippen LogP contribution in [0.4, 0.5) is 0 Å². The van der Waals surface area contributed by atoms with Crippen molar-refractivity contribution in [2.24, 2.45) is 5.41 Å². The third-order valence-electron chi connectivity index (χ3n) is 3.85. The Morgan fingerprint density at radius 3 is 2.84 bits per heavy atom. The van der Waals surface area contributed by atoms with Crippen molar-refractivity contribution in [1.82, 2.24) is 10.3 Å². The van der Waals surface area contributed by atoms with Crippen LogP contribution < -0.4 is 5.32 Å². The highest BCUT2D eigenvalue weighted by atomic mass is 32.1. The van der Waals surface area contributed by atoms with Gasteiger partial charge in [0.2, 0.25) is 0 Å². The first kappa shape index (κ1) is 13.3. The van der Waals surface area contributed by atoms with E-state index in [1.807, 2.05) is 11.3 Å². The van der Waals surface area contributed by atoms with E-state index in [1.165, 1.54) is 32.4 Å². The summed E-state index contributed by atoms with van der Waals surface area (Å²) >= 11 is 3.68. The molecular formula is C15H20N2S2. The fourth-order valence-electron chi connectivity index (χ4n) is 2.86. The van der Waals surface area contributed by atoms with Crippen LogP contribution in [-0.2, 0) is 6.42 Å². The second-order valence-electron chi connectivity index (χ2n) is 6.15. The molecule has 2 aromatic rings. The maximum absolute atomic E-state index is 4.94. The van der Waals surface area contributed by atoms with Crippen molar-refractivity contribution < 1.29 is 0 Å². The first-order valence-electron chi connectivity index (χ1n) is 6.71. The molecule has 1 atom stereocenters. The lowest BCUT2D eigenvalue weighted by Gasteiger charge is -2.34. The minimum atomic E-state index is 0.344. The van der Waals surface area contributed by atoms with Crippen molar-refractivity contribution in [1.29, 1.82) is 0 Å². The first-order chi connectivity index (χ1) is 9.00. The van der Waals surface area contributed by atoms with E-state index in [4.69, 9.17) is 4.98 Å². The Bertz CT molecular complexity index is 595. The van der Waals surface area contributed by atoms with Gasteiger partial charge < -0.3 is 5.32 Å². The van der Waals surface area contributed by atoms with Crippen LogP contribution in [0, 0.1) is 12.3 Å². The lowest BCUT2D eigenvalue weighted by atomic mass is 9.76. The van der Waals surface area contributed by atoms with E-state index in [9.17, 15) is 0 Å². The molecular weight excluding hydrogens is 272 g/mol. The molecule has 0 fully saturated rings. The van der Waals surface area contributed by atoms with E-state index in [-0.39, 0.29) is 0 Å². The van der Waals surface area contributed by atoms with Gasteiger partial charge in [-0.3, -0.25) is 0 Å². The summed E-state index contributed by atoms with van der Waals surface area (Å²) in [6.07, 6.45) is 2.29. The van der Waals surface area contributed by atoms with E-state index in [0.717, 1.165) is 6.42 Å². The highest BCUT2D eigenvalue weighted by molar-refractivity contribution is 7.21.